The lowest BCUT2D eigenvalue weighted by atomic mass is 9.90. The smallest absolute Gasteiger partial charge is 0.309 e. The Morgan fingerprint density at radius 1 is 1.28 bits per heavy atom. The SMILES string of the molecule is CC(C)(CCNCc1cc(Cl)cc(Cl)c1)C(=O)O. The molecule has 0 saturated carbocycles. The van der Waals surface area contributed by atoms with Gasteiger partial charge < -0.3 is 10.4 Å². The molecule has 1 rings (SSSR count). The van der Waals surface area contributed by atoms with Crippen molar-refractivity contribution in [1.82, 2.24) is 5.32 Å². The fourth-order valence-electron chi connectivity index (χ4n) is 1.45. The van der Waals surface area contributed by atoms with Crippen molar-refractivity contribution in [2.75, 3.05) is 6.54 Å². The molecule has 0 spiro atoms. The second-order valence-corrected chi connectivity index (χ2v) is 5.77. The van der Waals surface area contributed by atoms with Crippen molar-refractivity contribution < 1.29 is 9.90 Å². The molecule has 0 bridgehead atoms. The third-order valence-electron chi connectivity index (χ3n) is 2.76. The molecule has 0 fully saturated rings. The Bertz CT molecular complexity index is 413. The van der Waals surface area contributed by atoms with Crippen LogP contribution in [0.5, 0.6) is 0 Å². The number of halogens is 2. The van der Waals surface area contributed by atoms with Crippen molar-refractivity contribution in [2.24, 2.45) is 5.41 Å². The van der Waals surface area contributed by atoms with Gasteiger partial charge in [0.25, 0.3) is 0 Å². The van der Waals surface area contributed by atoms with Gasteiger partial charge in [-0.3, -0.25) is 4.79 Å². The van der Waals surface area contributed by atoms with E-state index < -0.39 is 11.4 Å². The van der Waals surface area contributed by atoms with E-state index in [1.807, 2.05) is 12.1 Å². The van der Waals surface area contributed by atoms with E-state index in [2.05, 4.69) is 5.32 Å². The molecule has 3 nitrogen and oxygen atoms in total. The maximum absolute atomic E-state index is 10.9. The van der Waals surface area contributed by atoms with Gasteiger partial charge in [-0.05, 0) is 50.6 Å². The van der Waals surface area contributed by atoms with Crippen LogP contribution in [0.3, 0.4) is 0 Å². The van der Waals surface area contributed by atoms with Gasteiger partial charge in [0.1, 0.15) is 0 Å². The van der Waals surface area contributed by atoms with Crippen molar-refractivity contribution in [3.8, 4) is 0 Å². The highest BCUT2D eigenvalue weighted by Gasteiger charge is 2.25. The molecule has 0 aliphatic rings. The first-order chi connectivity index (χ1) is 8.31. The lowest BCUT2D eigenvalue weighted by molar-refractivity contribution is -0.147. The maximum atomic E-state index is 10.9. The third kappa shape index (κ3) is 4.84. The molecule has 5 heteroatoms. The molecule has 1 aromatic carbocycles. The Kier molecular flexibility index (Phi) is 5.45. The Labute approximate surface area is 117 Å². The Hall–Kier alpha value is -0.770. The molecule has 2 N–H and O–H groups in total. The van der Waals surface area contributed by atoms with Crippen LogP contribution in [0, 0.1) is 5.41 Å². The van der Waals surface area contributed by atoms with Gasteiger partial charge in [-0.2, -0.15) is 0 Å². The summed E-state index contributed by atoms with van der Waals surface area (Å²) >= 11 is 11.8. The molecule has 0 radical (unpaired) electrons. The number of benzene rings is 1. The van der Waals surface area contributed by atoms with Crippen molar-refractivity contribution in [2.45, 2.75) is 26.8 Å². The average molecular weight is 290 g/mol. The lowest BCUT2D eigenvalue weighted by Crippen LogP contribution is -2.28. The third-order valence-corrected chi connectivity index (χ3v) is 3.19. The summed E-state index contributed by atoms with van der Waals surface area (Å²) in [5, 5.41) is 13.4. The first kappa shape index (κ1) is 15.3. The monoisotopic (exact) mass is 289 g/mol. The molecule has 0 saturated heterocycles. The number of nitrogens with one attached hydrogen (secondary N) is 1. The first-order valence-electron chi connectivity index (χ1n) is 5.70. The van der Waals surface area contributed by atoms with E-state index in [0.717, 1.165) is 5.56 Å². The second kappa shape index (κ2) is 6.41. The minimum atomic E-state index is -0.782. The number of rotatable bonds is 6. The largest absolute Gasteiger partial charge is 0.481 e. The fraction of sp³-hybridized carbons (Fsp3) is 0.462. The average Bonchev–Trinajstić information content (AvgIpc) is 2.23. The maximum Gasteiger partial charge on any atom is 0.309 e. The highest BCUT2D eigenvalue weighted by Crippen LogP contribution is 2.20. The quantitative estimate of drug-likeness (QED) is 0.787. The molecule has 0 atom stereocenters. The van der Waals surface area contributed by atoms with Gasteiger partial charge >= 0.3 is 5.97 Å². The Balaban J connectivity index is 2.40. The minimum Gasteiger partial charge on any atom is -0.481 e. The number of carbonyl (C=O) groups is 1. The first-order valence-corrected chi connectivity index (χ1v) is 6.46. The van der Waals surface area contributed by atoms with Gasteiger partial charge in [-0.15, -0.1) is 0 Å². The predicted octanol–water partition coefficient (Wildman–Crippen LogP) is 3.58. The molecule has 100 valence electrons. The van der Waals surface area contributed by atoms with Crippen molar-refractivity contribution in [1.29, 1.82) is 0 Å². The highest BCUT2D eigenvalue weighted by molar-refractivity contribution is 6.34. The molecule has 0 aromatic heterocycles. The zero-order valence-corrected chi connectivity index (χ0v) is 12.0. The molecular formula is C13H17Cl2NO2. The van der Waals surface area contributed by atoms with Crippen LogP contribution in [-0.2, 0) is 11.3 Å². The van der Waals surface area contributed by atoms with E-state index in [1.165, 1.54) is 0 Å². The topological polar surface area (TPSA) is 49.3 Å². The van der Waals surface area contributed by atoms with Crippen LogP contribution in [0.1, 0.15) is 25.8 Å². The number of hydrogen-bond acceptors (Lipinski definition) is 2. The van der Waals surface area contributed by atoms with E-state index in [9.17, 15) is 4.79 Å². The van der Waals surface area contributed by atoms with Gasteiger partial charge in [-0.25, -0.2) is 0 Å². The van der Waals surface area contributed by atoms with Gasteiger partial charge in [0.2, 0.25) is 0 Å². The molecule has 0 heterocycles. The summed E-state index contributed by atoms with van der Waals surface area (Å²) in [5.41, 5.74) is 0.277. The minimum absolute atomic E-state index is 0.566. The molecule has 0 aliphatic heterocycles. The van der Waals surface area contributed by atoms with Crippen LogP contribution >= 0.6 is 23.2 Å². The second-order valence-electron chi connectivity index (χ2n) is 4.89. The molecule has 1 aromatic rings. The van der Waals surface area contributed by atoms with E-state index in [1.54, 1.807) is 19.9 Å². The molecular weight excluding hydrogens is 273 g/mol. The standard InChI is InChI=1S/C13H17Cl2NO2/c1-13(2,12(17)18)3-4-16-8-9-5-10(14)7-11(15)6-9/h5-7,16H,3-4,8H2,1-2H3,(H,17,18). The predicted molar refractivity (Wildman–Crippen MR) is 74.2 cm³/mol. The normalized spacial score (nSPS) is 11.6. The molecule has 0 amide bonds. The fourth-order valence-corrected chi connectivity index (χ4v) is 2.02. The van der Waals surface area contributed by atoms with Crippen LogP contribution < -0.4 is 5.32 Å². The van der Waals surface area contributed by atoms with Crippen LogP contribution in [0.4, 0.5) is 0 Å². The lowest BCUT2D eigenvalue weighted by Gasteiger charge is -2.19. The van der Waals surface area contributed by atoms with Crippen molar-refractivity contribution in [3.05, 3.63) is 33.8 Å². The van der Waals surface area contributed by atoms with E-state index in [0.29, 0.717) is 29.6 Å². The molecule has 18 heavy (non-hydrogen) atoms. The van der Waals surface area contributed by atoms with Crippen molar-refractivity contribution >= 4 is 29.2 Å². The Morgan fingerprint density at radius 2 is 1.83 bits per heavy atom. The summed E-state index contributed by atoms with van der Waals surface area (Å²) in [5.74, 6) is -0.782. The summed E-state index contributed by atoms with van der Waals surface area (Å²) in [6.45, 7) is 4.68. The van der Waals surface area contributed by atoms with Crippen LogP contribution in [0.25, 0.3) is 0 Å². The van der Waals surface area contributed by atoms with Crippen molar-refractivity contribution in [3.63, 3.8) is 0 Å². The van der Waals surface area contributed by atoms with Crippen LogP contribution in [0.15, 0.2) is 18.2 Å². The number of carboxylic acids is 1. The van der Waals surface area contributed by atoms with E-state index in [4.69, 9.17) is 28.3 Å². The number of carboxylic acid groups (broad SMARTS) is 1. The number of hydrogen-bond donors (Lipinski definition) is 2. The summed E-state index contributed by atoms with van der Waals surface area (Å²) < 4.78 is 0. The van der Waals surface area contributed by atoms with Crippen LogP contribution in [-0.4, -0.2) is 17.6 Å². The van der Waals surface area contributed by atoms with Gasteiger partial charge in [0.15, 0.2) is 0 Å². The van der Waals surface area contributed by atoms with E-state index in [-0.39, 0.29) is 0 Å². The summed E-state index contributed by atoms with van der Waals surface area (Å²) in [7, 11) is 0. The van der Waals surface area contributed by atoms with Gasteiger partial charge in [0, 0.05) is 16.6 Å². The van der Waals surface area contributed by atoms with Gasteiger partial charge in [0.05, 0.1) is 5.41 Å². The zero-order chi connectivity index (χ0) is 13.8. The van der Waals surface area contributed by atoms with Gasteiger partial charge in [-0.1, -0.05) is 23.2 Å². The molecule has 0 unspecified atom stereocenters. The highest BCUT2D eigenvalue weighted by atomic mass is 35.5. The Morgan fingerprint density at radius 3 is 2.33 bits per heavy atom. The summed E-state index contributed by atoms with van der Waals surface area (Å²) in [6, 6.07) is 5.35. The summed E-state index contributed by atoms with van der Waals surface area (Å²) in [4.78, 5) is 10.9. The molecule has 0 aliphatic carbocycles. The number of aliphatic carboxylic acids is 1. The van der Waals surface area contributed by atoms with E-state index >= 15 is 0 Å². The summed E-state index contributed by atoms with van der Waals surface area (Å²) in [6.07, 6.45) is 0.566. The van der Waals surface area contributed by atoms with Crippen LogP contribution in [0.2, 0.25) is 10.0 Å². The zero-order valence-electron chi connectivity index (χ0n) is 10.5.